The van der Waals surface area contributed by atoms with Crippen LogP contribution in [0.4, 0.5) is 11.9 Å². The predicted molar refractivity (Wildman–Crippen MR) is 109 cm³/mol. The molecule has 0 aliphatic rings. The van der Waals surface area contributed by atoms with Crippen LogP contribution in [0.1, 0.15) is 24.4 Å². The molecule has 0 saturated heterocycles. The first-order valence-corrected chi connectivity index (χ1v) is 8.83. The summed E-state index contributed by atoms with van der Waals surface area (Å²) in [6.07, 6.45) is 0. The van der Waals surface area contributed by atoms with Crippen LogP contribution < -0.4 is 15.4 Å². The highest BCUT2D eigenvalue weighted by Gasteiger charge is 2.18. The molecule has 0 aliphatic heterocycles. The maximum atomic E-state index is 5.86. The van der Waals surface area contributed by atoms with Crippen LogP contribution in [-0.2, 0) is 6.54 Å². The highest BCUT2D eigenvalue weighted by atomic mass is 16.5. The Morgan fingerprint density at radius 2 is 1.70 bits per heavy atom. The fourth-order valence-electron chi connectivity index (χ4n) is 2.90. The lowest BCUT2D eigenvalue weighted by molar-refractivity contribution is 0.244. The standard InChI is InChI=1S/C20H26N6O/c1-13(18-22-19(21)24-20(23-18)25(2)3)26(4)12-14-6-7-16-11-17(27-5)9-8-15(16)10-14/h6-11,13H,12H2,1-5H3,(H2,21,22,23,24)/t13-/m1/s1. The Morgan fingerprint density at radius 3 is 2.41 bits per heavy atom. The van der Waals surface area contributed by atoms with E-state index in [0.717, 1.165) is 17.7 Å². The van der Waals surface area contributed by atoms with Gasteiger partial charge in [0.25, 0.3) is 0 Å². The predicted octanol–water partition coefficient (Wildman–Crippen LogP) is 2.87. The number of ether oxygens (including phenoxy) is 1. The van der Waals surface area contributed by atoms with Crippen LogP contribution in [0.5, 0.6) is 5.75 Å². The third kappa shape index (κ3) is 4.25. The van der Waals surface area contributed by atoms with Gasteiger partial charge >= 0.3 is 0 Å². The lowest BCUT2D eigenvalue weighted by Gasteiger charge is -2.24. The zero-order valence-corrected chi connectivity index (χ0v) is 16.5. The number of benzene rings is 2. The first-order valence-electron chi connectivity index (χ1n) is 8.83. The van der Waals surface area contributed by atoms with Crippen LogP contribution in [0.2, 0.25) is 0 Å². The van der Waals surface area contributed by atoms with Crippen molar-refractivity contribution in [1.82, 2.24) is 19.9 Å². The van der Waals surface area contributed by atoms with Crippen molar-refractivity contribution in [2.75, 3.05) is 38.9 Å². The highest BCUT2D eigenvalue weighted by Crippen LogP contribution is 2.24. The minimum absolute atomic E-state index is 0.000523. The average molecular weight is 366 g/mol. The lowest BCUT2D eigenvalue weighted by atomic mass is 10.1. The Hall–Kier alpha value is -2.93. The number of hydrogen-bond acceptors (Lipinski definition) is 7. The van der Waals surface area contributed by atoms with Gasteiger partial charge in [-0.1, -0.05) is 18.2 Å². The van der Waals surface area contributed by atoms with Crippen LogP contribution in [-0.4, -0.2) is 48.1 Å². The van der Waals surface area contributed by atoms with E-state index in [1.54, 1.807) is 7.11 Å². The summed E-state index contributed by atoms with van der Waals surface area (Å²) in [5.74, 6) is 2.34. The number of fused-ring (bicyclic) bond motifs is 1. The molecule has 0 fully saturated rings. The quantitative estimate of drug-likeness (QED) is 0.718. The normalized spacial score (nSPS) is 12.4. The number of nitrogens with zero attached hydrogens (tertiary/aromatic N) is 5. The fraction of sp³-hybridized carbons (Fsp3) is 0.350. The number of hydrogen-bond donors (Lipinski definition) is 1. The molecule has 142 valence electrons. The molecule has 3 aromatic rings. The molecule has 7 nitrogen and oxygen atoms in total. The molecule has 0 bridgehead atoms. The topological polar surface area (TPSA) is 80.4 Å². The molecule has 27 heavy (non-hydrogen) atoms. The molecule has 1 aromatic heterocycles. The Kier molecular flexibility index (Phi) is 5.41. The van der Waals surface area contributed by atoms with Crippen molar-refractivity contribution in [1.29, 1.82) is 0 Å². The van der Waals surface area contributed by atoms with Crippen molar-refractivity contribution < 1.29 is 4.74 Å². The smallest absolute Gasteiger partial charge is 0.229 e. The minimum atomic E-state index is 0.000523. The summed E-state index contributed by atoms with van der Waals surface area (Å²) in [4.78, 5) is 17.0. The van der Waals surface area contributed by atoms with Crippen molar-refractivity contribution in [2.45, 2.75) is 19.5 Å². The second-order valence-electron chi connectivity index (χ2n) is 6.88. The number of nitrogen functional groups attached to an aromatic ring is 1. The van der Waals surface area contributed by atoms with Crippen molar-refractivity contribution >= 4 is 22.7 Å². The van der Waals surface area contributed by atoms with Gasteiger partial charge in [0.2, 0.25) is 11.9 Å². The van der Waals surface area contributed by atoms with Gasteiger partial charge in [-0.25, -0.2) is 0 Å². The third-order valence-electron chi connectivity index (χ3n) is 4.64. The monoisotopic (exact) mass is 366 g/mol. The minimum Gasteiger partial charge on any atom is -0.497 e. The van der Waals surface area contributed by atoms with E-state index in [2.05, 4.69) is 58.1 Å². The molecule has 0 radical (unpaired) electrons. The number of nitrogens with two attached hydrogens (primary N) is 1. The van der Waals surface area contributed by atoms with Gasteiger partial charge in [0.1, 0.15) is 5.75 Å². The summed E-state index contributed by atoms with van der Waals surface area (Å²) in [5.41, 5.74) is 7.08. The van der Waals surface area contributed by atoms with E-state index >= 15 is 0 Å². The summed E-state index contributed by atoms with van der Waals surface area (Å²) in [7, 11) is 7.51. The van der Waals surface area contributed by atoms with Gasteiger partial charge in [-0.05, 0) is 48.5 Å². The van der Waals surface area contributed by atoms with Crippen LogP contribution in [0, 0.1) is 0 Å². The Balaban J connectivity index is 1.80. The summed E-state index contributed by atoms with van der Waals surface area (Å²) in [6.45, 7) is 2.84. The molecular weight excluding hydrogens is 340 g/mol. The van der Waals surface area contributed by atoms with E-state index in [9.17, 15) is 0 Å². The fourth-order valence-corrected chi connectivity index (χ4v) is 2.90. The van der Waals surface area contributed by atoms with Gasteiger partial charge in [-0.2, -0.15) is 15.0 Å². The van der Waals surface area contributed by atoms with Gasteiger partial charge in [-0.15, -0.1) is 0 Å². The van der Waals surface area contributed by atoms with Gasteiger partial charge < -0.3 is 15.4 Å². The van der Waals surface area contributed by atoms with Gasteiger partial charge in [0.05, 0.1) is 13.2 Å². The molecule has 1 atom stereocenters. The SMILES string of the molecule is COc1ccc2cc(CN(C)[C@H](C)c3nc(N)nc(N(C)C)n3)ccc2c1. The maximum Gasteiger partial charge on any atom is 0.229 e. The summed E-state index contributed by atoms with van der Waals surface area (Å²) < 4.78 is 5.29. The molecule has 0 aliphatic carbocycles. The summed E-state index contributed by atoms with van der Waals surface area (Å²) >= 11 is 0. The largest absolute Gasteiger partial charge is 0.497 e. The Morgan fingerprint density at radius 1 is 1.00 bits per heavy atom. The van der Waals surface area contributed by atoms with E-state index in [1.807, 2.05) is 31.1 Å². The summed E-state index contributed by atoms with van der Waals surface area (Å²) in [5, 5.41) is 2.35. The van der Waals surface area contributed by atoms with Crippen LogP contribution in [0.15, 0.2) is 36.4 Å². The van der Waals surface area contributed by atoms with Crippen molar-refractivity contribution in [3.05, 3.63) is 47.8 Å². The number of anilines is 2. The summed E-state index contributed by atoms with van der Waals surface area (Å²) in [6, 6.07) is 12.6. The van der Waals surface area contributed by atoms with Gasteiger partial charge in [-0.3, -0.25) is 4.90 Å². The molecule has 2 aromatic carbocycles. The number of aromatic nitrogens is 3. The van der Waals surface area contributed by atoms with Crippen molar-refractivity contribution in [3.63, 3.8) is 0 Å². The number of rotatable bonds is 6. The lowest BCUT2D eigenvalue weighted by Crippen LogP contribution is -2.25. The second kappa shape index (κ2) is 7.75. The molecule has 0 amide bonds. The maximum absolute atomic E-state index is 5.86. The molecule has 3 rings (SSSR count). The Labute approximate surface area is 159 Å². The zero-order valence-electron chi connectivity index (χ0n) is 16.5. The molecule has 0 unspecified atom stereocenters. The Bertz CT molecular complexity index is 943. The zero-order chi connectivity index (χ0) is 19.6. The van der Waals surface area contributed by atoms with Crippen molar-refractivity contribution in [2.24, 2.45) is 0 Å². The van der Waals surface area contributed by atoms with E-state index in [-0.39, 0.29) is 12.0 Å². The van der Waals surface area contributed by atoms with E-state index in [4.69, 9.17) is 10.5 Å². The van der Waals surface area contributed by atoms with Crippen molar-refractivity contribution in [3.8, 4) is 5.75 Å². The molecule has 2 N–H and O–H groups in total. The van der Waals surface area contributed by atoms with E-state index < -0.39 is 0 Å². The highest BCUT2D eigenvalue weighted by molar-refractivity contribution is 5.84. The molecule has 7 heteroatoms. The first kappa shape index (κ1) is 18.8. The van der Waals surface area contributed by atoms with Crippen LogP contribution in [0.25, 0.3) is 10.8 Å². The first-order chi connectivity index (χ1) is 12.9. The van der Waals surface area contributed by atoms with E-state index in [1.165, 1.54) is 10.9 Å². The van der Waals surface area contributed by atoms with Gasteiger partial charge in [0, 0.05) is 20.6 Å². The van der Waals surface area contributed by atoms with Gasteiger partial charge in [0.15, 0.2) is 5.82 Å². The second-order valence-corrected chi connectivity index (χ2v) is 6.88. The van der Waals surface area contributed by atoms with Crippen LogP contribution >= 0.6 is 0 Å². The molecule has 0 saturated carbocycles. The third-order valence-corrected chi connectivity index (χ3v) is 4.64. The molecule has 0 spiro atoms. The van der Waals surface area contributed by atoms with E-state index in [0.29, 0.717) is 11.8 Å². The molecule has 1 heterocycles. The molecular formula is C20H26N6O. The average Bonchev–Trinajstić information content (AvgIpc) is 2.66. The number of methoxy groups -OCH3 is 1. The van der Waals surface area contributed by atoms with Crippen LogP contribution in [0.3, 0.4) is 0 Å².